The first-order valence-corrected chi connectivity index (χ1v) is 9.23. The van der Waals surface area contributed by atoms with E-state index in [2.05, 4.69) is 48.5 Å². The van der Waals surface area contributed by atoms with Crippen molar-refractivity contribution in [3.8, 4) is 0 Å². The van der Waals surface area contributed by atoms with Gasteiger partial charge in [-0.2, -0.15) is 0 Å². The molecule has 0 rings (SSSR count). The molecular formula is C18H40N4O. The Morgan fingerprint density at radius 2 is 1.57 bits per heavy atom. The highest BCUT2D eigenvalue weighted by Gasteiger charge is 1.98. The van der Waals surface area contributed by atoms with Crippen molar-refractivity contribution < 1.29 is 4.74 Å². The number of nitrogens with zero attached hydrogens (tertiary/aromatic N) is 2. The molecule has 2 N–H and O–H groups in total. The molecule has 0 radical (unpaired) electrons. The van der Waals surface area contributed by atoms with E-state index in [1.165, 1.54) is 38.6 Å². The van der Waals surface area contributed by atoms with Crippen LogP contribution in [0.1, 0.15) is 52.4 Å². The lowest BCUT2D eigenvalue weighted by Gasteiger charge is -2.12. The molecule has 138 valence electrons. The molecule has 5 heteroatoms. The zero-order valence-electron chi connectivity index (χ0n) is 16.2. The summed E-state index contributed by atoms with van der Waals surface area (Å²) in [6.07, 6.45) is 7.48. The summed E-state index contributed by atoms with van der Waals surface area (Å²) < 4.78 is 5.57. The lowest BCUT2D eigenvalue weighted by atomic mass is 10.1. The van der Waals surface area contributed by atoms with Gasteiger partial charge in [0.05, 0.1) is 0 Å². The SMILES string of the molecule is CN=C(NCCCCCCCN(C)C)NCCCOCC(C)C. The van der Waals surface area contributed by atoms with E-state index in [1.54, 1.807) is 0 Å². The van der Waals surface area contributed by atoms with Gasteiger partial charge in [-0.1, -0.05) is 33.1 Å². The Balaban J connectivity index is 3.39. The zero-order valence-corrected chi connectivity index (χ0v) is 16.2. The minimum atomic E-state index is 0.611. The molecule has 0 aliphatic rings. The van der Waals surface area contributed by atoms with E-state index in [-0.39, 0.29) is 0 Å². The van der Waals surface area contributed by atoms with Crippen molar-refractivity contribution in [1.82, 2.24) is 15.5 Å². The number of guanidine groups is 1. The molecule has 0 bridgehead atoms. The van der Waals surface area contributed by atoms with Crippen LogP contribution in [0.15, 0.2) is 4.99 Å². The summed E-state index contributed by atoms with van der Waals surface area (Å²) in [6, 6.07) is 0. The molecule has 0 spiro atoms. The average molecular weight is 329 g/mol. The maximum absolute atomic E-state index is 5.57. The third-order valence-electron chi connectivity index (χ3n) is 3.51. The highest BCUT2D eigenvalue weighted by molar-refractivity contribution is 5.79. The quantitative estimate of drug-likeness (QED) is 0.292. The second-order valence-electron chi connectivity index (χ2n) is 6.82. The topological polar surface area (TPSA) is 48.9 Å². The van der Waals surface area contributed by atoms with Gasteiger partial charge in [0.2, 0.25) is 0 Å². The molecule has 5 nitrogen and oxygen atoms in total. The number of hydrogen-bond donors (Lipinski definition) is 2. The van der Waals surface area contributed by atoms with Gasteiger partial charge in [0.15, 0.2) is 5.96 Å². The first-order chi connectivity index (χ1) is 11.1. The molecule has 0 saturated carbocycles. The van der Waals surface area contributed by atoms with E-state index in [0.717, 1.165) is 38.7 Å². The Morgan fingerprint density at radius 1 is 0.957 bits per heavy atom. The zero-order chi connectivity index (χ0) is 17.3. The Bertz CT molecular complexity index is 280. The Hall–Kier alpha value is -0.810. The van der Waals surface area contributed by atoms with Crippen molar-refractivity contribution in [2.24, 2.45) is 10.9 Å². The number of nitrogens with one attached hydrogen (secondary N) is 2. The van der Waals surface area contributed by atoms with Crippen LogP contribution >= 0.6 is 0 Å². The molecule has 0 saturated heterocycles. The van der Waals surface area contributed by atoms with Gasteiger partial charge in [0, 0.05) is 33.4 Å². The van der Waals surface area contributed by atoms with Crippen molar-refractivity contribution in [3.05, 3.63) is 0 Å². The van der Waals surface area contributed by atoms with Crippen LogP contribution in [0.5, 0.6) is 0 Å². The van der Waals surface area contributed by atoms with Crippen molar-refractivity contribution in [2.75, 3.05) is 54.0 Å². The van der Waals surface area contributed by atoms with Crippen molar-refractivity contribution >= 4 is 5.96 Å². The molecule has 0 aliphatic heterocycles. The molecule has 0 fully saturated rings. The summed E-state index contributed by atoms with van der Waals surface area (Å²) in [4.78, 5) is 6.50. The van der Waals surface area contributed by atoms with Crippen LogP contribution in [-0.2, 0) is 4.74 Å². The van der Waals surface area contributed by atoms with Gasteiger partial charge in [0.25, 0.3) is 0 Å². The predicted molar refractivity (Wildman–Crippen MR) is 101 cm³/mol. The van der Waals surface area contributed by atoms with Crippen LogP contribution < -0.4 is 10.6 Å². The molecule has 0 atom stereocenters. The summed E-state index contributed by atoms with van der Waals surface area (Å²) >= 11 is 0. The summed E-state index contributed by atoms with van der Waals surface area (Å²) in [5.41, 5.74) is 0. The number of rotatable bonds is 14. The average Bonchev–Trinajstić information content (AvgIpc) is 2.50. The predicted octanol–water partition coefficient (Wildman–Crippen LogP) is 2.73. The second-order valence-corrected chi connectivity index (χ2v) is 6.82. The summed E-state index contributed by atoms with van der Waals surface area (Å²) in [5, 5.41) is 6.71. The van der Waals surface area contributed by atoms with Gasteiger partial charge in [-0.3, -0.25) is 4.99 Å². The van der Waals surface area contributed by atoms with E-state index in [4.69, 9.17) is 4.74 Å². The maximum atomic E-state index is 5.57. The third-order valence-corrected chi connectivity index (χ3v) is 3.51. The maximum Gasteiger partial charge on any atom is 0.190 e. The van der Waals surface area contributed by atoms with Gasteiger partial charge in [-0.05, 0) is 45.8 Å². The molecular weight excluding hydrogens is 288 g/mol. The van der Waals surface area contributed by atoms with Crippen LogP contribution in [-0.4, -0.2) is 64.9 Å². The lowest BCUT2D eigenvalue weighted by molar-refractivity contribution is 0.108. The molecule has 0 aromatic carbocycles. The van der Waals surface area contributed by atoms with Crippen LogP contribution in [0.2, 0.25) is 0 Å². The normalized spacial score (nSPS) is 12.2. The molecule has 0 aromatic heterocycles. The fourth-order valence-corrected chi connectivity index (χ4v) is 2.21. The van der Waals surface area contributed by atoms with Gasteiger partial charge in [-0.15, -0.1) is 0 Å². The smallest absolute Gasteiger partial charge is 0.190 e. The van der Waals surface area contributed by atoms with Gasteiger partial charge >= 0.3 is 0 Å². The van der Waals surface area contributed by atoms with Gasteiger partial charge in [0.1, 0.15) is 0 Å². The monoisotopic (exact) mass is 328 g/mol. The lowest BCUT2D eigenvalue weighted by Crippen LogP contribution is -2.38. The largest absolute Gasteiger partial charge is 0.381 e. The Labute approximate surface area is 144 Å². The molecule has 23 heavy (non-hydrogen) atoms. The van der Waals surface area contributed by atoms with E-state index >= 15 is 0 Å². The molecule has 0 aliphatic carbocycles. The minimum Gasteiger partial charge on any atom is -0.381 e. The number of aliphatic imine (C=N–C) groups is 1. The van der Waals surface area contributed by atoms with Gasteiger partial charge in [-0.25, -0.2) is 0 Å². The van der Waals surface area contributed by atoms with Crippen LogP contribution in [0, 0.1) is 5.92 Å². The fourth-order valence-electron chi connectivity index (χ4n) is 2.21. The summed E-state index contributed by atoms with van der Waals surface area (Å²) in [5.74, 6) is 1.52. The van der Waals surface area contributed by atoms with E-state index < -0.39 is 0 Å². The second kappa shape index (κ2) is 16.1. The molecule has 0 heterocycles. The molecule has 0 unspecified atom stereocenters. The van der Waals surface area contributed by atoms with Crippen LogP contribution in [0.4, 0.5) is 0 Å². The Kier molecular flexibility index (Phi) is 15.5. The Morgan fingerprint density at radius 3 is 2.17 bits per heavy atom. The van der Waals surface area contributed by atoms with Crippen LogP contribution in [0.25, 0.3) is 0 Å². The van der Waals surface area contributed by atoms with Crippen molar-refractivity contribution in [3.63, 3.8) is 0 Å². The van der Waals surface area contributed by atoms with Crippen LogP contribution in [0.3, 0.4) is 0 Å². The fraction of sp³-hybridized carbons (Fsp3) is 0.944. The third kappa shape index (κ3) is 17.4. The molecule has 0 aromatic rings. The van der Waals surface area contributed by atoms with E-state index in [1.807, 2.05) is 7.05 Å². The molecule has 0 amide bonds. The first kappa shape index (κ1) is 22.2. The van der Waals surface area contributed by atoms with E-state index in [9.17, 15) is 0 Å². The highest BCUT2D eigenvalue weighted by Crippen LogP contribution is 2.02. The number of hydrogen-bond acceptors (Lipinski definition) is 3. The highest BCUT2D eigenvalue weighted by atomic mass is 16.5. The van der Waals surface area contributed by atoms with Crippen molar-refractivity contribution in [1.29, 1.82) is 0 Å². The van der Waals surface area contributed by atoms with Crippen molar-refractivity contribution in [2.45, 2.75) is 52.4 Å². The number of unbranched alkanes of at least 4 members (excludes halogenated alkanes) is 4. The first-order valence-electron chi connectivity index (χ1n) is 9.23. The van der Waals surface area contributed by atoms with Gasteiger partial charge < -0.3 is 20.3 Å². The standard InChI is InChI=1S/C18H40N4O/c1-17(2)16-23-15-11-13-21-18(19-3)20-12-9-7-6-8-10-14-22(4)5/h17H,6-16H2,1-5H3,(H2,19,20,21). The summed E-state index contributed by atoms with van der Waals surface area (Å²) in [6.45, 7) is 9.12. The number of ether oxygens (including phenoxy) is 1. The van der Waals surface area contributed by atoms with E-state index in [0.29, 0.717) is 5.92 Å². The minimum absolute atomic E-state index is 0.611. The summed E-state index contributed by atoms with van der Waals surface area (Å²) in [7, 11) is 6.10.